The van der Waals surface area contributed by atoms with Crippen LogP contribution in [0.3, 0.4) is 0 Å². The third-order valence-corrected chi connectivity index (χ3v) is 3.08. The van der Waals surface area contributed by atoms with E-state index < -0.39 is 0 Å². The van der Waals surface area contributed by atoms with E-state index in [1.807, 2.05) is 0 Å². The first kappa shape index (κ1) is 11.5. The molecule has 0 saturated heterocycles. The maximum atomic E-state index is 5.95. The van der Waals surface area contributed by atoms with Gasteiger partial charge in [-0.15, -0.1) is 0 Å². The molecular weight excluding hydrogens is 206 g/mol. The van der Waals surface area contributed by atoms with Crippen LogP contribution in [0.4, 0.5) is 0 Å². The van der Waals surface area contributed by atoms with Gasteiger partial charge in [0.25, 0.3) is 0 Å². The lowest BCUT2D eigenvalue weighted by molar-refractivity contribution is 0.188. The predicted octanol–water partition coefficient (Wildman–Crippen LogP) is 1.62. The lowest BCUT2D eigenvalue weighted by Gasteiger charge is -2.04. The molecular formula is C11H19N3O2. The van der Waals surface area contributed by atoms with E-state index in [9.17, 15) is 0 Å². The molecule has 16 heavy (non-hydrogen) atoms. The largest absolute Gasteiger partial charge is 0.385 e. The number of ether oxygens (including phenoxy) is 1. The summed E-state index contributed by atoms with van der Waals surface area (Å²) in [6.45, 7) is 2.91. The van der Waals surface area contributed by atoms with Crippen LogP contribution in [0, 0.1) is 5.92 Å². The highest BCUT2D eigenvalue weighted by molar-refractivity contribution is 5.08. The van der Waals surface area contributed by atoms with Gasteiger partial charge in [0.15, 0.2) is 5.82 Å². The molecule has 1 heterocycles. The van der Waals surface area contributed by atoms with Crippen LogP contribution in [0.25, 0.3) is 0 Å². The first-order valence-corrected chi connectivity index (χ1v) is 5.80. The average Bonchev–Trinajstić information content (AvgIpc) is 2.82. The molecule has 1 aliphatic rings. The summed E-state index contributed by atoms with van der Waals surface area (Å²) in [5, 5.41) is 3.98. The minimum Gasteiger partial charge on any atom is -0.385 e. The van der Waals surface area contributed by atoms with Crippen molar-refractivity contribution in [2.24, 2.45) is 11.7 Å². The highest BCUT2D eigenvalue weighted by Crippen LogP contribution is 2.45. The fourth-order valence-electron chi connectivity index (χ4n) is 1.80. The van der Waals surface area contributed by atoms with Crippen LogP contribution in [-0.4, -0.2) is 23.9 Å². The lowest BCUT2D eigenvalue weighted by atomic mass is 10.2. The summed E-state index contributed by atoms with van der Waals surface area (Å²) in [7, 11) is 1.69. The quantitative estimate of drug-likeness (QED) is 0.745. The summed E-state index contributed by atoms with van der Waals surface area (Å²) >= 11 is 0. The summed E-state index contributed by atoms with van der Waals surface area (Å²) in [6.07, 6.45) is 2.89. The Morgan fingerprint density at radius 3 is 3.00 bits per heavy atom. The van der Waals surface area contributed by atoms with Crippen LogP contribution in [0.15, 0.2) is 4.52 Å². The molecule has 2 N–H and O–H groups in total. The van der Waals surface area contributed by atoms with Gasteiger partial charge in [0.1, 0.15) is 0 Å². The first-order chi connectivity index (χ1) is 7.72. The molecule has 1 aromatic rings. The van der Waals surface area contributed by atoms with E-state index in [4.69, 9.17) is 15.0 Å². The molecule has 0 radical (unpaired) electrons. The Kier molecular flexibility index (Phi) is 3.56. The molecule has 2 rings (SSSR count). The van der Waals surface area contributed by atoms with Crippen molar-refractivity contribution in [3.05, 3.63) is 11.7 Å². The number of methoxy groups -OCH3 is 1. The molecule has 0 aliphatic heterocycles. The van der Waals surface area contributed by atoms with E-state index in [1.54, 1.807) is 7.11 Å². The Morgan fingerprint density at radius 1 is 1.62 bits per heavy atom. The second kappa shape index (κ2) is 4.93. The van der Waals surface area contributed by atoms with Gasteiger partial charge < -0.3 is 15.0 Å². The average molecular weight is 225 g/mol. The molecule has 1 fully saturated rings. The van der Waals surface area contributed by atoms with Crippen LogP contribution in [0.5, 0.6) is 0 Å². The number of aromatic nitrogens is 2. The zero-order valence-corrected chi connectivity index (χ0v) is 9.85. The number of nitrogens with zero attached hydrogens (tertiary/aromatic N) is 2. The highest BCUT2D eigenvalue weighted by Gasteiger charge is 2.38. The van der Waals surface area contributed by atoms with Gasteiger partial charge in [0, 0.05) is 19.6 Å². The molecule has 1 aliphatic carbocycles. The van der Waals surface area contributed by atoms with Crippen molar-refractivity contribution in [2.45, 2.75) is 38.1 Å². The molecule has 3 atom stereocenters. The lowest BCUT2D eigenvalue weighted by Crippen LogP contribution is -2.11. The zero-order chi connectivity index (χ0) is 11.5. The maximum Gasteiger partial charge on any atom is 0.243 e. The standard InChI is InChI=1S/C11H19N3O2/c1-7-6-8(7)10-13-11(16-14-10)9(12)4-3-5-15-2/h7-9H,3-6,12H2,1-2H3. The highest BCUT2D eigenvalue weighted by atomic mass is 16.5. The minimum absolute atomic E-state index is 0.162. The zero-order valence-electron chi connectivity index (χ0n) is 9.85. The SMILES string of the molecule is COCCCC(N)c1nc(C2CC2C)no1. The second-order valence-electron chi connectivity index (χ2n) is 4.55. The normalized spacial score (nSPS) is 25.7. The Hall–Kier alpha value is -0.940. The van der Waals surface area contributed by atoms with Crippen LogP contribution in [0.2, 0.25) is 0 Å². The van der Waals surface area contributed by atoms with Gasteiger partial charge in [-0.05, 0) is 25.2 Å². The summed E-state index contributed by atoms with van der Waals surface area (Å²) in [5.74, 6) is 2.56. The topological polar surface area (TPSA) is 74.2 Å². The molecule has 0 spiro atoms. The minimum atomic E-state index is -0.162. The van der Waals surface area contributed by atoms with Gasteiger partial charge in [-0.3, -0.25) is 0 Å². The van der Waals surface area contributed by atoms with Crippen LogP contribution < -0.4 is 5.73 Å². The Labute approximate surface area is 95.3 Å². The van der Waals surface area contributed by atoms with Crippen LogP contribution in [0.1, 0.15) is 49.9 Å². The van der Waals surface area contributed by atoms with E-state index in [2.05, 4.69) is 17.1 Å². The number of hydrogen-bond acceptors (Lipinski definition) is 5. The van der Waals surface area contributed by atoms with Crippen molar-refractivity contribution in [1.82, 2.24) is 10.1 Å². The maximum absolute atomic E-state index is 5.95. The van der Waals surface area contributed by atoms with E-state index in [1.165, 1.54) is 0 Å². The summed E-state index contributed by atoms with van der Waals surface area (Å²) < 4.78 is 10.2. The van der Waals surface area contributed by atoms with Crippen molar-refractivity contribution in [1.29, 1.82) is 0 Å². The van der Waals surface area contributed by atoms with Gasteiger partial charge in [-0.1, -0.05) is 12.1 Å². The van der Waals surface area contributed by atoms with Crippen molar-refractivity contribution < 1.29 is 9.26 Å². The van der Waals surface area contributed by atoms with Crippen molar-refractivity contribution in [3.8, 4) is 0 Å². The number of rotatable bonds is 6. The monoisotopic (exact) mass is 225 g/mol. The van der Waals surface area contributed by atoms with Gasteiger partial charge in [-0.25, -0.2) is 0 Å². The van der Waals surface area contributed by atoms with Crippen molar-refractivity contribution in [2.75, 3.05) is 13.7 Å². The molecule has 3 unspecified atom stereocenters. The van der Waals surface area contributed by atoms with Crippen molar-refractivity contribution in [3.63, 3.8) is 0 Å². The summed E-state index contributed by atoms with van der Waals surface area (Å²) in [6, 6.07) is -0.162. The summed E-state index contributed by atoms with van der Waals surface area (Å²) in [5.41, 5.74) is 5.95. The molecule has 1 aromatic heterocycles. The third-order valence-electron chi connectivity index (χ3n) is 3.08. The smallest absolute Gasteiger partial charge is 0.243 e. The molecule has 0 amide bonds. The van der Waals surface area contributed by atoms with E-state index in [0.29, 0.717) is 24.3 Å². The molecule has 5 heteroatoms. The van der Waals surface area contributed by atoms with Gasteiger partial charge in [0.2, 0.25) is 5.89 Å². The van der Waals surface area contributed by atoms with E-state index >= 15 is 0 Å². The van der Waals surface area contributed by atoms with Gasteiger partial charge in [-0.2, -0.15) is 4.98 Å². The predicted molar refractivity (Wildman–Crippen MR) is 58.9 cm³/mol. The molecule has 5 nitrogen and oxygen atoms in total. The summed E-state index contributed by atoms with van der Waals surface area (Å²) in [4.78, 5) is 4.36. The molecule has 0 aromatic carbocycles. The third kappa shape index (κ3) is 2.59. The van der Waals surface area contributed by atoms with Gasteiger partial charge in [0.05, 0.1) is 6.04 Å². The van der Waals surface area contributed by atoms with E-state index in [-0.39, 0.29) is 6.04 Å². The fraction of sp³-hybridized carbons (Fsp3) is 0.818. The Bertz CT molecular complexity index is 340. The van der Waals surface area contributed by atoms with E-state index in [0.717, 1.165) is 25.1 Å². The molecule has 1 saturated carbocycles. The number of hydrogen-bond donors (Lipinski definition) is 1. The molecule has 90 valence electrons. The molecule has 0 bridgehead atoms. The Morgan fingerprint density at radius 2 is 2.38 bits per heavy atom. The first-order valence-electron chi connectivity index (χ1n) is 5.80. The van der Waals surface area contributed by atoms with Crippen LogP contribution in [-0.2, 0) is 4.74 Å². The van der Waals surface area contributed by atoms with Crippen LogP contribution >= 0.6 is 0 Å². The van der Waals surface area contributed by atoms with Gasteiger partial charge >= 0.3 is 0 Å². The Balaban J connectivity index is 1.86. The van der Waals surface area contributed by atoms with Crippen molar-refractivity contribution >= 4 is 0 Å². The fourth-order valence-corrected chi connectivity index (χ4v) is 1.80. The number of nitrogens with two attached hydrogens (primary N) is 1. The second-order valence-corrected chi connectivity index (χ2v) is 4.55.